The Labute approximate surface area is 169 Å². The Bertz CT molecular complexity index is 989. The van der Waals surface area contributed by atoms with Crippen LogP contribution in [0.1, 0.15) is 23.5 Å². The van der Waals surface area contributed by atoms with E-state index >= 15 is 0 Å². The van der Waals surface area contributed by atoms with Crippen LogP contribution in [0, 0.1) is 0 Å². The van der Waals surface area contributed by atoms with Gasteiger partial charge < -0.3 is 24.3 Å². The predicted octanol–water partition coefficient (Wildman–Crippen LogP) is 3.61. The minimum absolute atomic E-state index is 0.0941. The van der Waals surface area contributed by atoms with Gasteiger partial charge in [-0.2, -0.15) is 0 Å². The molecule has 1 aliphatic rings. The molecule has 0 bridgehead atoms. The number of rotatable bonds is 5. The zero-order valence-electron chi connectivity index (χ0n) is 16.0. The summed E-state index contributed by atoms with van der Waals surface area (Å²) in [4.78, 5) is 6.66. The van der Waals surface area contributed by atoms with Crippen molar-refractivity contribution in [1.29, 1.82) is 0 Å². The number of anilines is 1. The highest BCUT2D eigenvalue weighted by atomic mass is 32.1. The molecule has 0 saturated carbocycles. The second kappa shape index (κ2) is 7.52. The van der Waals surface area contributed by atoms with Crippen molar-refractivity contribution in [2.24, 2.45) is 7.05 Å². The normalized spacial score (nSPS) is 18.8. The minimum atomic E-state index is -0.0989. The van der Waals surface area contributed by atoms with E-state index in [1.165, 1.54) is 0 Å². The number of thiocarbonyl (C=S) groups is 1. The summed E-state index contributed by atoms with van der Waals surface area (Å²) in [6.45, 7) is 0. The molecule has 7 heteroatoms. The first-order valence-corrected chi connectivity index (χ1v) is 9.38. The van der Waals surface area contributed by atoms with Gasteiger partial charge in [-0.15, -0.1) is 0 Å². The lowest BCUT2D eigenvalue weighted by molar-refractivity contribution is 0.402. The van der Waals surface area contributed by atoms with E-state index < -0.39 is 0 Å². The van der Waals surface area contributed by atoms with Crippen molar-refractivity contribution in [2.45, 2.75) is 12.1 Å². The number of methoxy groups -OCH3 is 2. The molecule has 1 saturated heterocycles. The van der Waals surface area contributed by atoms with Crippen LogP contribution in [-0.2, 0) is 7.05 Å². The second-order valence-corrected chi connectivity index (χ2v) is 6.97. The first-order chi connectivity index (χ1) is 13.6. The molecule has 0 radical (unpaired) electrons. The van der Waals surface area contributed by atoms with Gasteiger partial charge in [0, 0.05) is 31.2 Å². The highest BCUT2D eigenvalue weighted by Gasteiger charge is 2.42. The molecule has 28 heavy (non-hydrogen) atoms. The summed E-state index contributed by atoms with van der Waals surface area (Å²) in [5.74, 6) is 1.47. The summed E-state index contributed by atoms with van der Waals surface area (Å²) in [5.41, 5.74) is 2.90. The lowest BCUT2D eigenvalue weighted by Crippen LogP contribution is -2.30. The molecule has 6 nitrogen and oxygen atoms in total. The van der Waals surface area contributed by atoms with Crippen LogP contribution in [0.5, 0.6) is 11.5 Å². The standard InChI is InChI=1S/C21H22N4O2S/c1-24-12-6-8-16(24)20-19(15-7-4-5-11-22-15)23-21(28)25(20)17-13-14(26-2)9-10-18(17)27-3/h4-13,19-20H,1-3H3,(H,23,28)/t19-,20+/m0/s1. The number of nitrogens with one attached hydrogen (secondary N) is 1. The molecule has 2 atom stereocenters. The van der Waals surface area contributed by atoms with Crippen molar-refractivity contribution in [3.05, 3.63) is 72.3 Å². The smallest absolute Gasteiger partial charge is 0.174 e. The zero-order valence-corrected chi connectivity index (χ0v) is 16.8. The van der Waals surface area contributed by atoms with Gasteiger partial charge in [-0.1, -0.05) is 6.07 Å². The maximum atomic E-state index is 5.76. The van der Waals surface area contributed by atoms with Gasteiger partial charge in [0.15, 0.2) is 5.11 Å². The molecule has 144 valence electrons. The highest BCUT2D eigenvalue weighted by molar-refractivity contribution is 7.80. The Morgan fingerprint density at radius 3 is 2.57 bits per heavy atom. The van der Waals surface area contributed by atoms with E-state index in [0.29, 0.717) is 5.11 Å². The van der Waals surface area contributed by atoms with E-state index in [2.05, 4.69) is 25.8 Å². The molecule has 0 unspecified atom stereocenters. The van der Waals surface area contributed by atoms with Gasteiger partial charge in [0.2, 0.25) is 0 Å². The Kier molecular flexibility index (Phi) is 4.92. The fourth-order valence-electron chi connectivity index (χ4n) is 3.68. The van der Waals surface area contributed by atoms with Crippen molar-refractivity contribution in [3.63, 3.8) is 0 Å². The monoisotopic (exact) mass is 394 g/mol. The molecular formula is C21H22N4O2S. The minimum Gasteiger partial charge on any atom is -0.497 e. The van der Waals surface area contributed by atoms with Crippen LogP contribution in [0.4, 0.5) is 5.69 Å². The number of aromatic nitrogens is 2. The van der Waals surface area contributed by atoms with Crippen LogP contribution < -0.4 is 19.7 Å². The topological polar surface area (TPSA) is 51.6 Å². The largest absolute Gasteiger partial charge is 0.497 e. The van der Waals surface area contributed by atoms with Crippen LogP contribution in [-0.4, -0.2) is 28.9 Å². The van der Waals surface area contributed by atoms with Crippen molar-refractivity contribution in [3.8, 4) is 11.5 Å². The summed E-state index contributed by atoms with van der Waals surface area (Å²) in [6.07, 6.45) is 3.84. The fraction of sp³-hybridized carbons (Fsp3) is 0.238. The molecule has 0 spiro atoms. The molecule has 4 rings (SSSR count). The molecule has 1 fully saturated rings. The van der Waals surface area contributed by atoms with Crippen LogP contribution >= 0.6 is 12.2 Å². The van der Waals surface area contributed by atoms with Gasteiger partial charge in [-0.05, 0) is 48.6 Å². The second-order valence-electron chi connectivity index (χ2n) is 6.58. The van der Waals surface area contributed by atoms with E-state index in [1.807, 2.05) is 55.7 Å². The quantitative estimate of drug-likeness (QED) is 0.667. The Balaban J connectivity index is 1.88. The van der Waals surface area contributed by atoms with Crippen molar-refractivity contribution in [1.82, 2.24) is 14.9 Å². The van der Waals surface area contributed by atoms with Gasteiger partial charge in [-0.25, -0.2) is 0 Å². The summed E-state index contributed by atoms with van der Waals surface area (Å²) in [5, 5.41) is 4.08. The fourth-order valence-corrected chi connectivity index (χ4v) is 4.02. The number of pyridine rings is 1. The molecule has 0 amide bonds. The number of hydrogen-bond acceptors (Lipinski definition) is 4. The first kappa shape index (κ1) is 18.3. The molecule has 1 N–H and O–H groups in total. The van der Waals surface area contributed by atoms with Crippen LogP contribution in [0.2, 0.25) is 0 Å². The third-order valence-electron chi connectivity index (χ3n) is 5.03. The predicted molar refractivity (Wildman–Crippen MR) is 113 cm³/mol. The summed E-state index contributed by atoms with van der Waals surface area (Å²) >= 11 is 5.76. The Morgan fingerprint density at radius 2 is 1.93 bits per heavy atom. The highest BCUT2D eigenvalue weighted by Crippen LogP contribution is 2.45. The van der Waals surface area contributed by atoms with Gasteiger partial charge in [0.1, 0.15) is 17.5 Å². The lowest BCUT2D eigenvalue weighted by atomic mass is 10.0. The maximum Gasteiger partial charge on any atom is 0.174 e. The lowest BCUT2D eigenvalue weighted by Gasteiger charge is -2.29. The number of ether oxygens (including phenoxy) is 2. The molecule has 0 aliphatic carbocycles. The van der Waals surface area contributed by atoms with Crippen molar-refractivity contribution < 1.29 is 9.47 Å². The molecule has 3 aromatic rings. The van der Waals surface area contributed by atoms with E-state index in [9.17, 15) is 0 Å². The van der Waals surface area contributed by atoms with Crippen LogP contribution in [0.15, 0.2) is 60.9 Å². The Hall–Kier alpha value is -3.06. The summed E-state index contributed by atoms with van der Waals surface area (Å²) in [6, 6.07) is 15.6. The number of nitrogens with zero attached hydrogens (tertiary/aromatic N) is 3. The third-order valence-corrected chi connectivity index (χ3v) is 5.35. The van der Waals surface area contributed by atoms with Crippen molar-refractivity contribution >= 4 is 23.0 Å². The number of aryl methyl sites for hydroxylation is 1. The molecule has 3 heterocycles. The average molecular weight is 395 g/mol. The van der Waals surface area contributed by atoms with E-state index in [4.69, 9.17) is 21.7 Å². The van der Waals surface area contributed by atoms with Crippen molar-refractivity contribution in [2.75, 3.05) is 19.1 Å². The SMILES string of the molecule is COc1ccc(OC)c(N2C(=S)N[C@@H](c3ccccn3)[C@H]2c2cccn2C)c1. The molecular weight excluding hydrogens is 372 g/mol. The molecule has 1 aromatic carbocycles. The average Bonchev–Trinajstić information content (AvgIpc) is 3.30. The number of benzene rings is 1. The summed E-state index contributed by atoms with van der Waals surface area (Å²) < 4.78 is 13.2. The van der Waals surface area contributed by atoms with E-state index in [1.54, 1.807) is 20.4 Å². The van der Waals surface area contributed by atoms with Gasteiger partial charge in [0.05, 0.1) is 31.6 Å². The zero-order chi connectivity index (χ0) is 19.7. The van der Waals surface area contributed by atoms with Gasteiger partial charge >= 0.3 is 0 Å². The van der Waals surface area contributed by atoms with Crippen LogP contribution in [0.3, 0.4) is 0 Å². The molecule has 2 aromatic heterocycles. The summed E-state index contributed by atoms with van der Waals surface area (Å²) in [7, 11) is 5.34. The maximum absolute atomic E-state index is 5.76. The first-order valence-electron chi connectivity index (χ1n) is 8.98. The third kappa shape index (κ3) is 3.07. The van der Waals surface area contributed by atoms with E-state index in [0.717, 1.165) is 28.6 Å². The number of hydrogen-bond donors (Lipinski definition) is 1. The van der Waals surface area contributed by atoms with E-state index in [-0.39, 0.29) is 12.1 Å². The van der Waals surface area contributed by atoms with Gasteiger partial charge in [0.25, 0.3) is 0 Å². The van der Waals surface area contributed by atoms with Gasteiger partial charge in [-0.3, -0.25) is 4.98 Å². The molecule has 1 aliphatic heterocycles. The van der Waals surface area contributed by atoms with Crippen LogP contribution in [0.25, 0.3) is 0 Å². The Morgan fingerprint density at radius 1 is 1.07 bits per heavy atom.